The Bertz CT molecular complexity index is 573. The Hall–Kier alpha value is -1.77. The number of nitrogen functional groups attached to an aromatic ring is 1. The van der Waals surface area contributed by atoms with Gasteiger partial charge in [-0.3, -0.25) is 0 Å². The third kappa shape index (κ3) is 2.67. The van der Waals surface area contributed by atoms with Crippen molar-refractivity contribution in [3.05, 3.63) is 39.2 Å². The third-order valence-electron chi connectivity index (χ3n) is 2.17. The summed E-state index contributed by atoms with van der Waals surface area (Å²) in [5.74, 6) is 0.522. The van der Waals surface area contributed by atoms with Gasteiger partial charge < -0.3 is 11.1 Å². The molecule has 17 heavy (non-hydrogen) atoms. The number of hydrogen-bond acceptors (Lipinski definition) is 5. The highest BCUT2D eigenvalue weighted by Crippen LogP contribution is 2.24. The van der Waals surface area contributed by atoms with Gasteiger partial charge in [-0.15, -0.1) is 11.3 Å². The van der Waals surface area contributed by atoms with Gasteiger partial charge in [-0.2, -0.15) is 5.26 Å². The molecule has 0 aliphatic carbocycles. The van der Waals surface area contributed by atoms with E-state index in [4.69, 9.17) is 22.6 Å². The molecule has 0 aliphatic heterocycles. The molecule has 2 aromatic heterocycles. The summed E-state index contributed by atoms with van der Waals surface area (Å²) in [6.07, 6.45) is 1.55. The third-order valence-corrected chi connectivity index (χ3v) is 3.40. The summed E-state index contributed by atoms with van der Waals surface area (Å²) in [4.78, 5) is 5.18. The molecule has 0 atom stereocenters. The first-order chi connectivity index (χ1) is 8.20. The molecule has 2 rings (SSSR count). The lowest BCUT2D eigenvalue weighted by Crippen LogP contribution is -2.04. The highest BCUT2D eigenvalue weighted by atomic mass is 35.5. The van der Waals surface area contributed by atoms with Gasteiger partial charge >= 0.3 is 0 Å². The lowest BCUT2D eigenvalue weighted by molar-refractivity contribution is 1.14. The Kier molecular flexibility index (Phi) is 3.47. The summed E-state index contributed by atoms with van der Waals surface area (Å²) in [5.41, 5.74) is 6.59. The van der Waals surface area contributed by atoms with Crippen LogP contribution in [0.2, 0.25) is 4.34 Å². The standard InChI is InChI=1S/C11H9ClN4S/c12-9-2-1-8(17-9)6-16-11-10(14)7(5-13)3-4-15-11/h1-4H,6,14H2,(H,15,16). The molecule has 0 radical (unpaired) electrons. The lowest BCUT2D eigenvalue weighted by Gasteiger charge is -2.07. The number of aromatic nitrogens is 1. The fourth-order valence-corrected chi connectivity index (χ4v) is 2.36. The van der Waals surface area contributed by atoms with Gasteiger partial charge in [0.05, 0.1) is 22.1 Å². The molecule has 6 heteroatoms. The monoisotopic (exact) mass is 264 g/mol. The average Bonchev–Trinajstić information content (AvgIpc) is 2.74. The molecule has 0 fully saturated rings. The maximum Gasteiger partial charge on any atom is 0.150 e. The van der Waals surface area contributed by atoms with Crippen LogP contribution in [-0.4, -0.2) is 4.98 Å². The van der Waals surface area contributed by atoms with E-state index in [0.29, 0.717) is 23.6 Å². The molecular weight excluding hydrogens is 256 g/mol. The minimum Gasteiger partial charge on any atom is -0.395 e. The second kappa shape index (κ2) is 5.04. The summed E-state index contributed by atoms with van der Waals surface area (Å²) < 4.78 is 0.744. The van der Waals surface area contributed by atoms with E-state index in [1.54, 1.807) is 12.3 Å². The number of hydrogen-bond donors (Lipinski definition) is 2. The first-order valence-electron chi connectivity index (χ1n) is 4.83. The van der Waals surface area contributed by atoms with Crippen LogP contribution < -0.4 is 11.1 Å². The van der Waals surface area contributed by atoms with Crippen LogP contribution in [0, 0.1) is 11.3 Å². The summed E-state index contributed by atoms with van der Waals surface area (Å²) in [6, 6.07) is 7.37. The van der Waals surface area contributed by atoms with Crippen LogP contribution in [0.1, 0.15) is 10.4 Å². The van der Waals surface area contributed by atoms with E-state index >= 15 is 0 Å². The van der Waals surface area contributed by atoms with E-state index in [1.165, 1.54) is 11.3 Å². The van der Waals surface area contributed by atoms with Gasteiger partial charge in [0.15, 0.2) is 5.82 Å². The maximum absolute atomic E-state index is 8.83. The molecular formula is C11H9ClN4S. The van der Waals surface area contributed by atoms with Crippen molar-refractivity contribution in [2.75, 3.05) is 11.1 Å². The highest BCUT2D eigenvalue weighted by molar-refractivity contribution is 7.16. The maximum atomic E-state index is 8.83. The molecule has 4 nitrogen and oxygen atoms in total. The zero-order valence-electron chi connectivity index (χ0n) is 8.77. The number of halogens is 1. The Balaban J connectivity index is 2.12. The summed E-state index contributed by atoms with van der Waals surface area (Å²) in [7, 11) is 0. The number of nitrogens with zero attached hydrogens (tertiary/aromatic N) is 2. The molecule has 0 unspecified atom stereocenters. The second-order valence-corrected chi connectivity index (χ2v) is 5.09. The van der Waals surface area contributed by atoms with E-state index in [0.717, 1.165) is 9.21 Å². The number of nitrogens with two attached hydrogens (primary N) is 1. The van der Waals surface area contributed by atoms with Crippen LogP contribution in [0.3, 0.4) is 0 Å². The van der Waals surface area contributed by atoms with Gasteiger partial charge in [0, 0.05) is 11.1 Å². The zero-order valence-corrected chi connectivity index (χ0v) is 10.3. The van der Waals surface area contributed by atoms with E-state index in [1.807, 2.05) is 18.2 Å². The topological polar surface area (TPSA) is 74.7 Å². The number of nitriles is 1. The minimum absolute atomic E-state index is 0.373. The Morgan fingerprint density at radius 2 is 2.29 bits per heavy atom. The van der Waals surface area contributed by atoms with Crippen molar-refractivity contribution >= 4 is 34.4 Å². The van der Waals surface area contributed by atoms with Crippen molar-refractivity contribution in [1.29, 1.82) is 5.26 Å². The number of anilines is 2. The van der Waals surface area contributed by atoms with Gasteiger partial charge in [0.2, 0.25) is 0 Å². The molecule has 0 saturated carbocycles. The fourth-order valence-electron chi connectivity index (χ4n) is 1.33. The van der Waals surface area contributed by atoms with Crippen molar-refractivity contribution in [1.82, 2.24) is 4.98 Å². The number of thiophene rings is 1. The highest BCUT2D eigenvalue weighted by Gasteiger charge is 2.06. The molecule has 0 saturated heterocycles. The van der Waals surface area contributed by atoms with Crippen molar-refractivity contribution in [2.24, 2.45) is 0 Å². The first kappa shape index (κ1) is 11.7. The second-order valence-electron chi connectivity index (χ2n) is 3.29. The normalized spacial score (nSPS) is 9.88. The lowest BCUT2D eigenvalue weighted by atomic mass is 10.2. The van der Waals surface area contributed by atoms with E-state index < -0.39 is 0 Å². The van der Waals surface area contributed by atoms with Crippen LogP contribution in [0.15, 0.2) is 24.4 Å². The molecule has 0 aromatic carbocycles. The SMILES string of the molecule is N#Cc1ccnc(NCc2ccc(Cl)s2)c1N. The predicted molar refractivity (Wildman–Crippen MR) is 70.0 cm³/mol. The van der Waals surface area contributed by atoms with Crippen LogP contribution in [0.4, 0.5) is 11.5 Å². The quantitative estimate of drug-likeness (QED) is 0.894. The molecule has 0 aliphatic rings. The van der Waals surface area contributed by atoms with E-state index in [-0.39, 0.29) is 0 Å². The zero-order chi connectivity index (χ0) is 12.3. The Morgan fingerprint density at radius 3 is 2.94 bits per heavy atom. The summed E-state index contributed by atoms with van der Waals surface area (Å²) in [6.45, 7) is 0.587. The molecule has 2 heterocycles. The Labute approximate surface area is 108 Å². The van der Waals surface area contributed by atoms with Gasteiger partial charge in [-0.05, 0) is 18.2 Å². The van der Waals surface area contributed by atoms with Crippen molar-refractivity contribution < 1.29 is 0 Å². The van der Waals surface area contributed by atoms with Crippen LogP contribution in [0.25, 0.3) is 0 Å². The van der Waals surface area contributed by atoms with Crippen LogP contribution in [0.5, 0.6) is 0 Å². The summed E-state index contributed by atoms with van der Waals surface area (Å²) >= 11 is 7.32. The van der Waals surface area contributed by atoms with Gasteiger partial charge in [0.25, 0.3) is 0 Å². The summed E-state index contributed by atoms with van der Waals surface area (Å²) in [5, 5.41) is 11.9. The fraction of sp³-hybridized carbons (Fsp3) is 0.0909. The smallest absolute Gasteiger partial charge is 0.150 e. The molecule has 0 amide bonds. The van der Waals surface area contributed by atoms with Crippen molar-refractivity contribution in [2.45, 2.75) is 6.54 Å². The van der Waals surface area contributed by atoms with Gasteiger partial charge in [-0.1, -0.05) is 11.6 Å². The van der Waals surface area contributed by atoms with E-state index in [9.17, 15) is 0 Å². The minimum atomic E-state index is 0.373. The first-order valence-corrected chi connectivity index (χ1v) is 6.03. The van der Waals surface area contributed by atoms with E-state index in [2.05, 4.69) is 10.3 Å². The predicted octanol–water partition coefficient (Wildman–Crippen LogP) is 2.86. The van der Waals surface area contributed by atoms with Gasteiger partial charge in [0.1, 0.15) is 6.07 Å². The Morgan fingerprint density at radius 1 is 1.47 bits per heavy atom. The van der Waals surface area contributed by atoms with Crippen LogP contribution in [-0.2, 0) is 6.54 Å². The van der Waals surface area contributed by atoms with Crippen molar-refractivity contribution in [3.63, 3.8) is 0 Å². The largest absolute Gasteiger partial charge is 0.395 e. The molecule has 0 bridgehead atoms. The number of pyridine rings is 1. The molecule has 2 aromatic rings. The average molecular weight is 265 g/mol. The molecule has 86 valence electrons. The molecule has 3 N–H and O–H groups in total. The van der Waals surface area contributed by atoms with Gasteiger partial charge in [-0.25, -0.2) is 4.98 Å². The number of rotatable bonds is 3. The van der Waals surface area contributed by atoms with Crippen LogP contribution >= 0.6 is 22.9 Å². The number of nitrogens with one attached hydrogen (secondary N) is 1. The molecule has 0 spiro atoms. The van der Waals surface area contributed by atoms with Crippen molar-refractivity contribution in [3.8, 4) is 6.07 Å².